The van der Waals surface area contributed by atoms with Crippen molar-refractivity contribution in [3.8, 4) is 11.4 Å². The van der Waals surface area contributed by atoms with Crippen LogP contribution in [0.25, 0.3) is 75.2 Å². The molecule has 9 aromatic carbocycles. The zero-order valence-corrected chi connectivity index (χ0v) is 33.4. The van der Waals surface area contributed by atoms with Gasteiger partial charge in [0, 0.05) is 53.1 Å². The van der Waals surface area contributed by atoms with E-state index in [0.717, 1.165) is 0 Å². The van der Waals surface area contributed by atoms with Crippen LogP contribution in [0.1, 0.15) is 0 Å². The molecule has 3 aromatic heterocycles. The van der Waals surface area contributed by atoms with E-state index < -0.39 is 8.07 Å². The maximum absolute atomic E-state index is 2.82. The largest absolute Gasteiger partial charge is 0.309 e. The second-order valence-corrected chi connectivity index (χ2v) is 20.1. The minimum Gasteiger partial charge on any atom is -0.309 e. The predicted octanol–water partition coefficient (Wildman–Crippen LogP) is 11.6. The lowest BCUT2D eigenvalue weighted by Crippen LogP contribution is -2.74. The van der Waals surface area contributed by atoms with Gasteiger partial charge in [-0.15, -0.1) is 11.3 Å². The molecule has 0 bridgehead atoms. The van der Waals surface area contributed by atoms with Crippen LogP contribution < -0.4 is 20.7 Å². The third kappa shape index (κ3) is 4.76. The van der Waals surface area contributed by atoms with Gasteiger partial charge >= 0.3 is 0 Å². The van der Waals surface area contributed by atoms with Crippen molar-refractivity contribution in [2.45, 2.75) is 0 Å². The van der Waals surface area contributed by atoms with Crippen LogP contribution in [0, 0.1) is 0 Å². The molecule has 3 heterocycles. The number of hydrogen-bond acceptors (Lipinski definition) is 1. The SMILES string of the molecule is c1ccc([Si](c2ccccc2)(c2ccc(-n3c4ccccc4c4ccccc43)cc2)c2ccc(-n3c4ccccc4c4ccc5sc6ccccc6c5c43)cc2)cc1. The van der Waals surface area contributed by atoms with Crippen LogP contribution >= 0.6 is 11.3 Å². The number of hydrogen-bond donors (Lipinski definition) is 0. The molecule has 272 valence electrons. The van der Waals surface area contributed by atoms with E-state index in [1.807, 2.05) is 11.3 Å². The van der Waals surface area contributed by atoms with Crippen molar-refractivity contribution in [3.05, 3.63) is 218 Å². The van der Waals surface area contributed by atoms with E-state index >= 15 is 0 Å². The van der Waals surface area contributed by atoms with Gasteiger partial charge in [-0.2, -0.15) is 0 Å². The molecule has 0 N–H and O–H groups in total. The average molecular weight is 773 g/mol. The minimum absolute atomic E-state index is 1.17. The lowest BCUT2D eigenvalue weighted by Gasteiger charge is -2.34. The fourth-order valence-corrected chi connectivity index (χ4v) is 15.7. The predicted molar refractivity (Wildman–Crippen MR) is 252 cm³/mol. The number of benzene rings is 9. The highest BCUT2D eigenvalue weighted by Crippen LogP contribution is 2.43. The molecule has 0 saturated carbocycles. The van der Waals surface area contributed by atoms with E-state index in [1.165, 1.54) is 95.9 Å². The summed E-state index contributed by atoms with van der Waals surface area (Å²) in [7, 11) is -2.82. The van der Waals surface area contributed by atoms with E-state index in [1.54, 1.807) is 0 Å². The highest BCUT2D eigenvalue weighted by Gasteiger charge is 2.41. The van der Waals surface area contributed by atoms with E-state index in [-0.39, 0.29) is 0 Å². The highest BCUT2D eigenvalue weighted by molar-refractivity contribution is 7.26. The normalized spacial score (nSPS) is 12.1. The second-order valence-electron chi connectivity index (χ2n) is 15.2. The molecule has 12 aromatic rings. The van der Waals surface area contributed by atoms with Gasteiger partial charge in [0.2, 0.25) is 0 Å². The molecular formula is C54H36N2SSi. The van der Waals surface area contributed by atoms with Gasteiger partial charge in [-0.3, -0.25) is 0 Å². The molecular weight excluding hydrogens is 737 g/mol. The number of fused-ring (bicyclic) bond motifs is 10. The number of para-hydroxylation sites is 3. The zero-order valence-electron chi connectivity index (χ0n) is 31.6. The van der Waals surface area contributed by atoms with Gasteiger partial charge in [-0.25, -0.2) is 0 Å². The third-order valence-electron chi connectivity index (χ3n) is 12.3. The van der Waals surface area contributed by atoms with Gasteiger partial charge in [0.25, 0.3) is 0 Å². The summed E-state index contributed by atoms with van der Waals surface area (Å²) in [5.74, 6) is 0. The van der Waals surface area contributed by atoms with Crippen molar-refractivity contribution in [3.63, 3.8) is 0 Å². The number of rotatable bonds is 6. The molecule has 0 spiro atoms. The summed E-state index contributed by atoms with van der Waals surface area (Å²) in [6.45, 7) is 0. The maximum Gasteiger partial charge on any atom is 0.179 e. The molecule has 0 amide bonds. The smallest absolute Gasteiger partial charge is 0.179 e. The first kappa shape index (κ1) is 33.2. The van der Waals surface area contributed by atoms with E-state index in [9.17, 15) is 0 Å². The Kier molecular flexibility index (Phi) is 7.46. The van der Waals surface area contributed by atoms with Crippen molar-refractivity contribution >= 4 is 104 Å². The van der Waals surface area contributed by atoms with Crippen molar-refractivity contribution < 1.29 is 0 Å². The van der Waals surface area contributed by atoms with Gasteiger partial charge in [0.1, 0.15) is 0 Å². The summed E-state index contributed by atoms with van der Waals surface area (Å²) in [5.41, 5.74) is 7.28. The van der Waals surface area contributed by atoms with Crippen molar-refractivity contribution in [1.82, 2.24) is 9.13 Å². The maximum atomic E-state index is 2.50. The Bertz CT molecular complexity index is 3390. The molecule has 4 heteroatoms. The summed E-state index contributed by atoms with van der Waals surface area (Å²) in [5, 5.41) is 13.2. The fourth-order valence-electron chi connectivity index (χ4n) is 9.83. The minimum atomic E-state index is -2.82. The second kappa shape index (κ2) is 13.0. The van der Waals surface area contributed by atoms with Gasteiger partial charge in [0.15, 0.2) is 8.07 Å². The van der Waals surface area contributed by atoms with Crippen LogP contribution in [0.2, 0.25) is 0 Å². The summed E-state index contributed by atoms with van der Waals surface area (Å²) in [4.78, 5) is 0. The number of nitrogens with zero attached hydrogens (tertiary/aromatic N) is 2. The van der Waals surface area contributed by atoms with Crippen LogP contribution in [0.5, 0.6) is 0 Å². The summed E-state index contributed by atoms with van der Waals surface area (Å²) in [6.07, 6.45) is 0. The molecule has 0 aliphatic rings. The third-order valence-corrected chi connectivity index (χ3v) is 18.2. The molecule has 0 aliphatic carbocycles. The summed E-state index contributed by atoms with van der Waals surface area (Å²) >= 11 is 1.88. The lowest BCUT2D eigenvalue weighted by molar-refractivity contribution is 1.18. The van der Waals surface area contributed by atoms with Crippen LogP contribution in [-0.4, -0.2) is 17.2 Å². The quantitative estimate of drug-likeness (QED) is 0.118. The standard InChI is InChI=1S/C54H36N2SSi/c1-3-15-39(16-4-1)58(40-17-5-2-6-18-40,41-31-27-37(28-32-41)55-48-23-11-7-19-43(48)44-20-8-12-24-49(44)55)42-33-29-38(30-34-42)56-50-25-13-9-21-45(50)46-35-36-52-53(54(46)56)47-22-10-14-26-51(47)57-52/h1-36H. The Labute approximate surface area is 341 Å². The molecule has 58 heavy (non-hydrogen) atoms. The zero-order chi connectivity index (χ0) is 38.2. The van der Waals surface area contributed by atoms with Crippen molar-refractivity contribution in [2.24, 2.45) is 0 Å². The first-order valence-electron chi connectivity index (χ1n) is 19.9. The van der Waals surface area contributed by atoms with E-state index in [2.05, 4.69) is 228 Å². The lowest BCUT2D eigenvalue weighted by atomic mass is 10.1. The van der Waals surface area contributed by atoms with Gasteiger partial charge in [-0.05, 0) is 75.3 Å². The monoisotopic (exact) mass is 772 g/mol. The van der Waals surface area contributed by atoms with Gasteiger partial charge < -0.3 is 9.13 Å². The van der Waals surface area contributed by atoms with Crippen molar-refractivity contribution in [1.29, 1.82) is 0 Å². The fraction of sp³-hybridized carbons (Fsp3) is 0. The molecule has 0 atom stereocenters. The molecule has 0 fully saturated rings. The Morgan fingerprint density at radius 1 is 0.293 bits per heavy atom. The Morgan fingerprint density at radius 2 is 0.707 bits per heavy atom. The molecule has 2 nitrogen and oxygen atoms in total. The first-order chi connectivity index (χ1) is 28.8. The highest BCUT2D eigenvalue weighted by atomic mass is 32.1. The molecule has 0 saturated heterocycles. The molecule has 0 unspecified atom stereocenters. The van der Waals surface area contributed by atoms with Crippen LogP contribution in [0.4, 0.5) is 0 Å². The average Bonchev–Trinajstić information content (AvgIpc) is 3.96. The Hall–Kier alpha value is -6.98. The summed E-state index contributed by atoms with van der Waals surface area (Å²) < 4.78 is 7.56. The molecule has 0 aliphatic heterocycles. The topological polar surface area (TPSA) is 9.86 Å². The number of thiophene rings is 1. The van der Waals surface area contributed by atoms with Crippen LogP contribution in [0.3, 0.4) is 0 Å². The summed E-state index contributed by atoms with van der Waals surface area (Å²) in [6, 6.07) is 81.4. The first-order valence-corrected chi connectivity index (χ1v) is 22.8. The van der Waals surface area contributed by atoms with Gasteiger partial charge in [0.05, 0.1) is 22.1 Å². The Morgan fingerprint density at radius 3 is 1.26 bits per heavy atom. The Balaban J connectivity index is 1.09. The van der Waals surface area contributed by atoms with Crippen LogP contribution in [-0.2, 0) is 0 Å². The molecule has 12 rings (SSSR count). The van der Waals surface area contributed by atoms with E-state index in [0.29, 0.717) is 0 Å². The molecule has 0 radical (unpaired) electrons. The van der Waals surface area contributed by atoms with Crippen LogP contribution in [0.15, 0.2) is 218 Å². The number of aromatic nitrogens is 2. The van der Waals surface area contributed by atoms with E-state index in [4.69, 9.17) is 0 Å². The van der Waals surface area contributed by atoms with Crippen molar-refractivity contribution in [2.75, 3.05) is 0 Å². The van der Waals surface area contributed by atoms with Gasteiger partial charge in [-0.1, -0.05) is 164 Å².